The molecule has 1 amide bonds. The maximum Gasteiger partial charge on any atom is 0.471 e. The number of carbonyl (C=O) groups is 1. The van der Waals surface area contributed by atoms with Crippen LogP contribution in [0.25, 0.3) is 0 Å². The first-order chi connectivity index (χ1) is 14.8. The number of hydrogen-bond donors (Lipinski definition) is 3. The van der Waals surface area contributed by atoms with Crippen LogP contribution < -0.4 is 5.32 Å². The Morgan fingerprint density at radius 1 is 1.13 bits per heavy atom. The lowest BCUT2D eigenvalue weighted by Gasteiger charge is -2.43. The zero-order valence-corrected chi connectivity index (χ0v) is 18.3. The Balaban J connectivity index is 2.72. The highest BCUT2D eigenvalue weighted by molar-refractivity contribution is 5.82. The molecule has 1 heterocycles. The van der Waals surface area contributed by atoms with Gasteiger partial charge < -0.3 is 29.7 Å². The van der Waals surface area contributed by atoms with Crippen LogP contribution in [0.5, 0.6) is 0 Å². The summed E-state index contributed by atoms with van der Waals surface area (Å²) < 4.78 is 54.7. The van der Waals surface area contributed by atoms with Crippen LogP contribution in [0, 0.1) is 0 Å². The summed E-state index contributed by atoms with van der Waals surface area (Å²) in [5, 5.41) is 21.7. The summed E-state index contributed by atoms with van der Waals surface area (Å²) in [6.45, 7) is 3.38. The monoisotopic (exact) mass is 455 g/mol. The van der Waals surface area contributed by atoms with Gasteiger partial charge in [-0.2, -0.15) is 13.2 Å². The number of rotatable bonds is 14. The molecule has 0 aromatic carbocycles. The van der Waals surface area contributed by atoms with Crippen molar-refractivity contribution in [2.75, 3.05) is 13.2 Å². The molecular weight excluding hydrogens is 419 g/mol. The van der Waals surface area contributed by atoms with Crippen LogP contribution in [-0.2, 0) is 19.0 Å². The summed E-state index contributed by atoms with van der Waals surface area (Å²) in [5.74, 6) is -2.19. The van der Waals surface area contributed by atoms with Crippen LogP contribution >= 0.6 is 0 Å². The Morgan fingerprint density at radius 3 is 2.29 bits per heavy atom. The average molecular weight is 456 g/mol. The van der Waals surface area contributed by atoms with Crippen LogP contribution in [-0.4, -0.2) is 66.2 Å². The highest BCUT2D eigenvalue weighted by Gasteiger charge is 2.50. The minimum atomic E-state index is -5.12. The Kier molecular flexibility index (Phi) is 13.1. The molecule has 0 aliphatic carbocycles. The molecule has 5 atom stereocenters. The largest absolute Gasteiger partial charge is 0.471 e. The molecule has 0 saturated carbocycles. The summed E-state index contributed by atoms with van der Waals surface area (Å²) in [4.78, 5) is 11.5. The molecule has 0 spiro atoms. The molecule has 0 unspecified atom stereocenters. The van der Waals surface area contributed by atoms with E-state index in [9.17, 15) is 28.2 Å². The number of carbonyl (C=O) groups excluding carboxylic acids is 1. The van der Waals surface area contributed by atoms with E-state index in [1.807, 2.05) is 5.32 Å². The second-order valence-electron chi connectivity index (χ2n) is 7.63. The number of unbranched alkanes of at least 4 members (excludes halogenated alkanes) is 7. The molecule has 0 radical (unpaired) electrons. The van der Waals surface area contributed by atoms with Gasteiger partial charge in [-0.15, -0.1) is 0 Å². The predicted octanol–water partition coefficient (Wildman–Crippen LogP) is 3.19. The summed E-state index contributed by atoms with van der Waals surface area (Å²) in [6, 6.07) is -1.42. The standard InChI is InChI=1S/C21H36F3NO6/c1-3-5-6-7-8-9-10-11-13-29-18-16(25-20(28)21(22,23)24)19(30-12-4-2)31-15(14-26)17(18)27/h4,12,15-19,26-27H,3,5-11,13-14H2,1-2H3,(H,25,28)/b12-4-/t15-,16-,17-,18-,19+/m1/s1. The molecule has 0 aromatic rings. The lowest BCUT2D eigenvalue weighted by Crippen LogP contribution is -2.66. The third-order valence-electron chi connectivity index (χ3n) is 5.07. The van der Waals surface area contributed by atoms with E-state index in [4.69, 9.17) is 14.2 Å². The van der Waals surface area contributed by atoms with Gasteiger partial charge in [0.15, 0.2) is 0 Å². The Bertz CT molecular complexity index is 532. The van der Waals surface area contributed by atoms with Crippen molar-refractivity contribution in [3.05, 3.63) is 12.3 Å². The fraction of sp³-hybridized carbons (Fsp3) is 0.857. The van der Waals surface area contributed by atoms with Crippen molar-refractivity contribution in [3.63, 3.8) is 0 Å². The first-order valence-corrected chi connectivity index (χ1v) is 11.0. The number of ether oxygens (including phenoxy) is 3. The molecule has 0 bridgehead atoms. The van der Waals surface area contributed by atoms with Crippen molar-refractivity contribution in [3.8, 4) is 0 Å². The number of nitrogens with one attached hydrogen (secondary N) is 1. The quantitative estimate of drug-likeness (QED) is 0.275. The molecule has 0 aromatic heterocycles. The Morgan fingerprint density at radius 2 is 1.74 bits per heavy atom. The Labute approximate surface area is 181 Å². The highest BCUT2D eigenvalue weighted by atomic mass is 19.4. The molecule has 1 saturated heterocycles. The van der Waals surface area contributed by atoms with Gasteiger partial charge in [-0.05, 0) is 13.3 Å². The van der Waals surface area contributed by atoms with Crippen molar-refractivity contribution < 1.29 is 42.4 Å². The number of alkyl halides is 3. The topological polar surface area (TPSA) is 97.2 Å². The van der Waals surface area contributed by atoms with Gasteiger partial charge >= 0.3 is 12.1 Å². The number of aliphatic hydroxyl groups excluding tert-OH is 2. The van der Waals surface area contributed by atoms with E-state index in [1.54, 1.807) is 6.92 Å². The van der Waals surface area contributed by atoms with Crippen molar-refractivity contribution in [2.24, 2.45) is 0 Å². The van der Waals surface area contributed by atoms with Crippen LogP contribution in [0.1, 0.15) is 65.2 Å². The second kappa shape index (κ2) is 14.7. The lowest BCUT2D eigenvalue weighted by molar-refractivity contribution is -0.265. The number of amides is 1. The number of aliphatic hydroxyl groups is 2. The molecular formula is C21H36F3NO6. The van der Waals surface area contributed by atoms with E-state index in [1.165, 1.54) is 38.0 Å². The van der Waals surface area contributed by atoms with Crippen LogP contribution in [0.3, 0.4) is 0 Å². The molecule has 1 aliphatic rings. The van der Waals surface area contributed by atoms with Gasteiger partial charge in [0.25, 0.3) is 0 Å². The summed E-state index contributed by atoms with van der Waals surface area (Å²) in [5.41, 5.74) is 0. The zero-order valence-electron chi connectivity index (χ0n) is 18.3. The predicted molar refractivity (Wildman–Crippen MR) is 108 cm³/mol. The smallest absolute Gasteiger partial charge is 0.471 e. The van der Waals surface area contributed by atoms with Crippen molar-refractivity contribution >= 4 is 5.91 Å². The molecule has 1 fully saturated rings. The van der Waals surface area contributed by atoms with Crippen LogP contribution in [0.2, 0.25) is 0 Å². The lowest BCUT2D eigenvalue weighted by atomic mass is 9.96. The van der Waals surface area contributed by atoms with Crippen molar-refractivity contribution in [1.82, 2.24) is 5.32 Å². The van der Waals surface area contributed by atoms with Gasteiger partial charge in [-0.3, -0.25) is 4.79 Å². The maximum absolute atomic E-state index is 12.8. The van der Waals surface area contributed by atoms with E-state index in [0.717, 1.165) is 19.3 Å². The fourth-order valence-electron chi connectivity index (χ4n) is 3.38. The number of hydrogen-bond acceptors (Lipinski definition) is 6. The van der Waals surface area contributed by atoms with Crippen LogP contribution in [0.15, 0.2) is 12.3 Å². The Hall–Kier alpha value is -1.36. The normalized spacial score (nSPS) is 26.9. The van der Waals surface area contributed by atoms with E-state index >= 15 is 0 Å². The molecule has 10 heteroatoms. The number of allylic oxidation sites excluding steroid dienone is 1. The van der Waals surface area contributed by atoms with Gasteiger partial charge in [-0.25, -0.2) is 0 Å². The molecule has 31 heavy (non-hydrogen) atoms. The first kappa shape index (κ1) is 27.7. The maximum atomic E-state index is 12.8. The summed E-state index contributed by atoms with van der Waals surface area (Å²) in [7, 11) is 0. The van der Waals surface area contributed by atoms with E-state index < -0.39 is 49.3 Å². The van der Waals surface area contributed by atoms with Gasteiger partial charge in [-0.1, -0.05) is 57.9 Å². The van der Waals surface area contributed by atoms with E-state index in [-0.39, 0.29) is 6.61 Å². The minimum absolute atomic E-state index is 0.184. The van der Waals surface area contributed by atoms with Crippen molar-refractivity contribution in [1.29, 1.82) is 0 Å². The SMILES string of the molecule is C/C=C\O[C@H]1O[C@H](CO)[C@@H](O)[C@H](OCCCCCCCCCC)[C@H]1NC(=O)C(F)(F)F. The van der Waals surface area contributed by atoms with Gasteiger partial charge in [0.05, 0.1) is 12.9 Å². The molecule has 7 nitrogen and oxygen atoms in total. The molecule has 1 aliphatic heterocycles. The molecule has 3 N–H and O–H groups in total. The first-order valence-electron chi connectivity index (χ1n) is 11.0. The fourth-order valence-corrected chi connectivity index (χ4v) is 3.38. The molecule has 182 valence electrons. The second-order valence-corrected chi connectivity index (χ2v) is 7.63. The van der Waals surface area contributed by atoms with Gasteiger partial charge in [0, 0.05) is 6.61 Å². The van der Waals surface area contributed by atoms with Gasteiger partial charge in [0.2, 0.25) is 6.29 Å². The van der Waals surface area contributed by atoms with Gasteiger partial charge in [0.1, 0.15) is 24.4 Å². The van der Waals surface area contributed by atoms with Crippen molar-refractivity contribution in [2.45, 2.75) is 102 Å². The zero-order chi connectivity index (χ0) is 23.3. The summed E-state index contributed by atoms with van der Waals surface area (Å²) >= 11 is 0. The summed E-state index contributed by atoms with van der Waals surface area (Å²) in [6.07, 6.45) is 0.823. The molecule has 1 rings (SSSR count). The van der Waals surface area contributed by atoms with E-state index in [0.29, 0.717) is 6.42 Å². The third-order valence-corrected chi connectivity index (χ3v) is 5.07. The minimum Gasteiger partial charge on any atom is -0.471 e. The van der Waals surface area contributed by atoms with Crippen LogP contribution in [0.4, 0.5) is 13.2 Å². The number of halogens is 3. The third kappa shape index (κ3) is 9.76. The van der Waals surface area contributed by atoms with E-state index in [2.05, 4.69) is 6.92 Å². The highest BCUT2D eigenvalue weighted by Crippen LogP contribution is 2.26. The average Bonchev–Trinajstić information content (AvgIpc) is 2.72.